The lowest BCUT2D eigenvalue weighted by atomic mass is 9.35. The molecule has 2 aliphatic rings. The van der Waals surface area contributed by atoms with E-state index in [1.807, 2.05) is 29.5 Å². The summed E-state index contributed by atoms with van der Waals surface area (Å²) in [6.45, 7) is 0.134. The highest BCUT2D eigenvalue weighted by Crippen LogP contribution is 2.42. The molecule has 2 nitrogen and oxygen atoms in total. The average molecular weight is 376 g/mol. The number of rotatable bonds is 0. The summed E-state index contributed by atoms with van der Waals surface area (Å²) in [5, 5.41) is 2.56. The van der Waals surface area contributed by atoms with Crippen molar-refractivity contribution in [3.8, 4) is 23.0 Å². The second kappa shape index (κ2) is 5.18. The van der Waals surface area contributed by atoms with E-state index < -0.39 is 0 Å². The molecule has 0 radical (unpaired) electrons. The van der Waals surface area contributed by atoms with Crippen molar-refractivity contribution in [3.05, 3.63) is 78.9 Å². The fourth-order valence-corrected chi connectivity index (χ4v) is 5.81. The normalized spacial score (nSPS) is 13.5. The molecule has 4 heteroatoms. The van der Waals surface area contributed by atoms with Gasteiger partial charge in [0.1, 0.15) is 23.0 Å². The lowest BCUT2D eigenvalue weighted by Gasteiger charge is -2.32. The number of hydrogen-bond acceptors (Lipinski definition) is 3. The number of ether oxygens (including phenoxy) is 2. The third-order valence-corrected chi connectivity index (χ3v) is 7.00. The van der Waals surface area contributed by atoms with E-state index >= 15 is 0 Å². The van der Waals surface area contributed by atoms with E-state index in [4.69, 9.17) is 9.47 Å². The second-order valence-corrected chi connectivity index (χ2v) is 8.35. The summed E-state index contributed by atoms with van der Waals surface area (Å²) in [6, 6.07) is 27.5. The van der Waals surface area contributed by atoms with Crippen LogP contribution in [0.2, 0.25) is 0 Å². The molecule has 0 aliphatic carbocycles. The van der Waals surface area contributed by atoms with E-state index in [2.05, 4.69) is 60.7 Å². The standard InChI is InChI=1S/C24H13BO2S/c1-4-11-21-14(6-1)15-12-13-17-23(24(15)28-21)27-20-10-5-9-19-22(20)25(17)16-7-2-3-8-18(16)26-19/h1-13H. The van der Waals surface area contributed by atoms with E-state index in [9.17, 15) is 0 Å². The van der Waals surface area contributed by atoms with Crippen LogP contribution in [-0.4, -0.2) is 6.71 Å². The molecule has 0 bridgehead atoms. The molecule has 0 N–H and O–H groups in total. The molecule has 4 aromatic carbocycles. The van der Waals surface area contributed by atoms with Crippen LogP contribution in [0.4, 0.5) is 0 Å². The van der Waals surface area contributed by atoms with Crippen molar-refractivity contribution in [1.29, 1.82) is 0 Å². The molecule has 0 atom stereocenters. The zero-order chi connectivity index (χ0) is 18.2. The Kier molecular flexibility index (Phi) is 2.73. The summed E-state index contributed by atoms with van der Waals surface area (Å²) < 4.78 is 15.2. The molecule has 3 heterocycles. The lowest BCUT2D eigenvalue weighted by Crippen LogP contribution is -2.57. The maximum atomic E-state index is 6.51. The Hall–Kier alpha value is -3.24. The van der Waals surface area contributed by atoms with Gasteiger partial charge in [0.05, 0.1) is 4.70 Å². The summed E-state index contributed by atoms with van der Waals surface area (Å²) >= 11 is 1.81. The van der Waals surface area contributed by atoms with Crippen molar-refractivity contribution in [2.75, 3.05) is 0 Å². The second-order valence-electron chi connectivity index (χ2n) is 7.30. The minimum atomic E-state index is 0.134. The van der Waals surface area contributed by atoms with Crippen LogP contribution in [-0.2, 0) is 0 Å². The lowest BCUT2D eigenvalue weighted by molar-refractivity contribution is 0.467. The molecule has 0 spiro atoms. The van der Waals surface area contributed by atoms with E-state index in [0.29, 0.717) is 0 Å². The van der Waals surface area contributed by atoms with Crippen LogP contribution in [0.5, 0.6) is 23.0 Å². The van der Waals surface area contributed by atoms with Crippen LogP contribution in [0.25, 0.3) is 20.2 Å². The third kappa shape index (κ3) is 1.78. The Morgan fingerprint density at radius 3 is 2.36 bits per heavy atom. The van der Waals surface area contributed by atoms with Crippen molar-refractivity contribution in [1.82, 2.24) is 0 Å². The Bertz CT molecular complexity index is 1440. The van der Waals surface area contributed by atoms with E-state index in [-0.39, 0.29) is 6.71 Å². The summed E-state index contributed by atoms with van der Waals surface area (Å²) in [7, 11) is 0. The molecule has 0 unspecified atom stereocenters. The van der Waals surface area contributed by atoms with Crippen molar-refractivity contribution < 1.29 is 9.47 Å². The van der Waals surface area contributed by atoms with Crippen molar-refractivity contribution in [2.24, 2.45) is 0 Å². The largest absolute Gasteiger partial charge is 0.458 e. The molecule has 130 valence electrons. The highest BCUT2D eigenvalue weighted by atomic mass is 32.1. The third-order valence-electron chi connectivity index (χ3n) is 5.82. The first-order chi connectivity index (χ1) is 13.9. The van der Waals surface area contributed by atoms with Gasteiger partial charge in [0.2, 0.25) is 0 Å². The van der Waals surface area contributed by atoms with Gasteiger partial charge in [-0.15, -0.1) is 11.3 Å². The zero-order valence-corrected chi connectivity index (χ0v) is 15.6. The minimum absolute atomic E-state index is 0.134. The number of hydrogen-bond donors (Lipinski definition) is 0. The van der Waals surface area contributed by atoms with Gasteiger partial charge in [0.25, 0.3) is 6.71 Å². The molecule has 0 amide bonds. The predicted molar refractivity (Wildman–Crippen MR) is 117 cm³/mol. The number of fused-ring (bicyclic) bond motifs is 8. The van der Waals surface area contributed by atoms with Gasteiger partial charge in [0.15, 0.2) is 0 Å². The quantitative estimate of drug-likeness (QED) is 0.355. The van der Waals surface area contributed by atoms with Crippen molar-refractivity contribution in [2.45, 2.75) is 0 Å². The Morgan fingerprint density at radius 2 is 1.39 bits per heavy atom. The monoisotopic (exact) mass is 376 g/mol. The smallest absolute Gasteiger partial charge is 0.260 e. The average Bonchev–Trinajstić information content (AvgIpc) is 3.13. The molecule has 0 saturated carbocycles. The van der Waals surface area contributed by atoms with Crippen LogP contribution < -0.4 is 25.9 Å². The summed E-state index contributed by atoms with van der Waals surface area (Å²) in [5.41, 5.74) is 3.55. The Balaban J connectivity index is 1.60. The van der Waals surface area contributed by atoms with Crippen molar-refractivity contribution in [3.63, 3.8) is 0 Å². The van der Waals surface area contributed by atoms with Gasteiger partial charge in [-0.3, -0.25) is 0 Å². The first-order valence-electron chi connectivity index (χ1n) is 9.40. The van der Waals surface area contributed by atoms with Crippen molar-refractivity contribution >= 4 is 54.6 Å². The number of thiophene rings is 1. The SMILES string of the molecule is c1ccc2c(c1)Oc1cccc3c1B2c1ccc2c(sc4ccccc42)c1O3. The summed E-state index contributed by atoms with van der Waals surface area (Å²) in [6.07, 6.45) is 0. The van der Waals surface area contributed by atoms with Gasteiger partial charge in [-0.05, 0) is 35.2 Å². The topological polar surface area (TPSA) is 18.5 Å². The molecule has 5 aromatic rings. The Morgan fingerprint density at radius 1 is 0.607 bits per heavy atom. The maximum absolute atomic E-state index is 6.51. The van der Waals surface area contributed by atoms with Gasteiger partial charge in [-0.1, -0.05) is 54.6 Å². The van der Waals surface area contributed by atoms with Gasteiger partial charge in [0, 0.05) is 20.9 Å². The number of benzene rings is 4. The molecule has 2 aliphatic heterocycles. The molecular formula is C24H13BO2S. The number of para-hydroxylation sites is 1. The van der Waals surface area contributed by atoms with Gasteiger partial charge >= 0.3 is 0 Å². The van der Waals surface area contributed by atoms with Gasteiger partial charge in [-0.25, -0.2) is 0 Å². The fraction of sp³-hybridized carbons (Fsp3) is 0. The summed E-state index contributed by atoms with van der Waals surface area (Å²) in [4.78, 5) is 0. The van der Waals surface area contributed by atoms with Crippen LogP contribution in [0.15, 0.2) is 78.9 Å². The molecular weight excluding hydrogens is 363 g/mol. The van der Waals surface area contributed by atoms with E-state index in [1.54, 1.807) is 0 Å². The molecule has 7 rings (SSSR count). The predicted octanol–water partition coefficient (Wildman–Crippen LogP) is 4.78. The molecule has 0 fully saturated rings. The van der Waals surface area contributed by atoms with E-state index in [1.165, 1.54) is 31.1 Å². The zero-order valence-electron chi connectivity index (χ0n) is 14.8. The highest BCUT2D eigenvalue weighted by molar-refractivity contribution is 7.26. The van der Waals surface area contributed by atoms with Crippen LogP contribution in [0.3, 0.4) is 0 Å². The van der Waals surface area contributed by atoms with Crippen LogP contribution in [0, 0.1) is 0 Å². The first kappa shape index (κ1) is 14.8. The highest BCUT2D eigenvalue weighted by Gasteiger charge is 2.40. The maximum Gasteiger partial charge on any atom is 0.260 e. The fourth-order valence-electron chi connectivity index (χ4n) is 4.62. The van der Waals surface area contributed by atoms with Gasteiger partial charge < -0.3 is 9.47 Å². The van der Waals surface area contributed by atoms with Gasteiger partial charge in [-0.2, -0.15) is 0 Å². The van der Waals surface area contributed by atoms with Crippen LogP contribution >= 0.6 is 11.3 Å². The molecule has 1 aromatic heterocycles. The molecule has 28 heavy (non-hydrogen) atoms. The summed E-state index contributed by atoms with van der Waals surface area (Å²) in [5.74, 6) is 3.71. The Labute approximate surface area is 166 Å². The minimum Gasteiger partial charge on any atom is -0.458 e. The first-order valence-corrected chi connectivity index (χ1v) is 10.2. The van der Waals surface area contributed by atoms with Crippen LogP contribution in [0.1, 0.15) is 0 Å². The molecule has 0 saturated heterocycles. The van der Waals surface area contributed by atoms with E-state index in [0.717, 1.165) is 28.5 Å².